The number of carbonyl (C=O) groups excluding carboxylic acids is 2. The topological polar surface area (TPSA) is 34.1 Å². The zero-order valence-electron chi connectivity index (χ0n) is 20.2. The number of carbonyl (C=O) groups is 2. The predicted octanol–water partition coefficient (Wildman–Crippen LogP) is 5.42. The van der Waals surface area contributed by atoms with E-state index in [0.717, 1.165) is 0 Å². The van der Waals surface area contributed by atoms with Gasteiger partial charge in [-0.25, -0.2) is 0 Å². The van der Waals surface area contributed by atoms with E-state index in [9.17, 15) is 9.59 Å². The second kappa shape index (κ2) is 11.7. The Balaban J connectivity index is 1.83. The molecule has 0 saturated heterocycles. The van der Waals surface area contributed by atoms with Crippen molar-refractivity contribution < 1.29 is 9.59 Å². The van der Waals surface area contributed by atoms with E-state index in [4.69, 9.17) is 0 Å². The predicted molar refractivity (Wildman–Crippen MR) is 152 cm³/mol. The molecule has 4 aromatic carbocycles. The highest BCUT2D eigenvalue weighted by atomic mass is 31.1. The summed E-state index contributed by atoms with van der Waals surface area (Å²) in [5.41, 5.74) is -1.06. The first-order valence-corrected chi connectivity index (χ1v) is 14.8. The molecular weight excluding hydrogens is 466 g/mol. The summed E-state index contributed by atoms with van der Waals surface area (Å²) in [4.78, 5) is 27.0. The van der Waals surface area contributed by atoms with E-state index in [1.807, 2.05) is 72.8 Å². The molecule has 4 heteroatoms. The molecule has 0 aromatic heterocycles. The maximum absolute atomic E-state index is 13.5. The van der Waals surface area contributed by atoms with Gasteiger partial charge in [0.1, 0.15) is 11.6 Å². The normalized spacial score (nSPS) is 11.5. The van der Waals surface area contributed by atoms with Gasteiger partial charge in [0.2, 0.25) is 0 Å². The number of rotatable bonds is 10. The van der Waals surface area contributed by atoms with Gasteiger partial charge in [-0.15, -0.1) is 0 Å². The molecule has 0 saturated carbocycles. The highest BCUT2D eigenvalue weighted by Crippen LogP contribution is 2.48. The second-order valence-corrected chi connectivity index (χ2v) is 13.1. The van der Waals surface area contributed by atoms with E-state index in [-0.39, 0.29) is 11.6 Å². The number of hydrogen-bond donors (Lipinski definition) is 0. The lowest BCUT2D eigenvalue weighted by molar-refractivity contribution is -0.135. The minimum absolute atomic E-state index is 0.0382. The van der Waals surface area contributed by atoms with E-state index in [1.54, 1.807) is 13.8 Å². The van der Waals surface area contributed by atoms with Gasteiger partial charge in [-0.1, -0.05) is 121 Å². The van der Waals surface area contributed by atoms with Crippen LogP contribution in [0, 0.1) is 5.41 Å². The molecule has 35 heavy (non-hydrogen) atoms. The van der Waals surface area contributed by atoms with Crippen molar-refractivity contribution in [1.29, 1.82) is 0 Å². The first kappa shape index (κ1) is 25.2. The molecule has 2 nitrogen and oxygen atoms in total. The number of benzene rings is 4. The van der Waals surface area contributed by atoms with Crippen LogP contribution in [0.3, 0.4) is 0 Å². The molecule has 0 radical (unpaired) electrons. The first-order chi connectivity index (χ1) is 17.0. The van der Waals surface area contributed by atoms with Crippen LogP contribution < -0.4 is 21.2 Å². The van der Waals surface area contributed by atoms with Gasteiger partial charge in [-0.3, -0.25) is 9.59 Å². The lowest BCUT2D eigenvalue weighted by Gasteiger charge is -2.36. The smallest absolute Gasteiger partial charge is 0.144 e. The van der Waals surface area contributed by atoms with Crippen molar-refractivity contribution in [2.24, 2.45) is 5.41 Å². The Labute approximate surface area is 210 Å². The van der Waals surface area contributed by atoms with Crippen LogP contribution in [0.4, 0.5) is 0 Å². The maximum atomic E-state index is 13.5. The standard InChI is InChI=1S/C31H30O2P2/c1-25(32)31(26(2)33,23-34(27-15-7-3-8-16-27)28-17-9-4-10-18-28)24-35(29-19-11-5-12-20-29)30-21-13-6-14-22-30/h3-22H,23-24H2,1-2H3. The number of hydrogen-bond acceptors (Lipinski definition) is 2. The largest absolute Gasteiger partial charge is 0.299 e. The van der Waals surface area contributed by atoms with Gasteiger partial charge in [0.25, 0.3) is 0 Å². The van der Waals surface area contributed by atoms with Crippen molar-refractivity contribution in [2.45, 2.75) is 13.8 Å². The Morgan fingerprint density at radius 1 is 0.486 bits per heavy atom. The lowest BCUT2D eigenvalue weighted by atomic mass is 9.84. The van der Waals surface area contributed by atoms with E-state index in [2.05, 4.69) is 48.5 Å². The highest BCUT2D eigenvalue weighted by Gasteiger charge is 2.45. The van der Waals surface area contributed by atoms with Crippen LogP contribution in [0.25, 0.3) is 0 Å². The molecule has 0 aliphatic rings. The molecule has 0 N–H and O–H groups in total. The van der Waals surface area contributed by atoms with Crippen molar-refractivity contribution in [3.8, 4) is 0 Å². The molecule has 4 aromatic rings. The van der Waals surface area contributed by atoms with Crippen molar-refractivity contribution in [1.82, 2.24) is 0 Å². The fourth-order valence-electron chi connectivity index (χ4n) is 4.38. The summed E-state index contributed by atoms with van der Waals surface area (Å²) in [5.74, 6) is -0.0764. The van der Waals surface area contributed by atoms with Gasteiger partial charge < -0.3 is 0 Å². The molecule has 176 valence electrons. The van der Waals surface area contributed by atoms with E-state index in [1.165, 1.54) is 21.2 Å². The SMILES string of the molecule is CC(=O)C(CP(c1ccccc1)c1ccccc1)(CP(c1ccccc1)c1ccccc1)C(C)=O. The van der Waals surface area contributed by atoms with Gasteiger partial charge >= 0.3 is 0 Å². The third-order valence-corrected chi connectivity index (χ3v) is 11.9. The fourth-order valence-corrected chi connectivity index (χ4v) is 10.2. The summed E-state index contributed by atoms with van der Waals surface area (Å²) in [7, 11) is -1.81. The third kappa shape index (κ3) is 5.84. The Hall–Kier alpha value is -2.92. The van der Waals surface area contributed by atoms with Gasteiger partial charge in [-0.2, -0.15) is 0 Å². The quantitative estimate of drug-likeness (QED) is 0.217. The van der Waals surface area contributed by atoms with Crippen molar-refractivity contribution >= 4 is 48.6 Å². The first-order valence-electron chi connectivity index (χ1n) is 11.8. The van der Waals surface area contributed by atoms with E-state index in [0.29, 0.717) is 12.3 Å². The Morgan fingerprint density at radius 2 is 0.714 bits per heavy atom. The van der Waals surface area contributed by atoms with E-state index < -0.39 is 21.3 Å². The summed E-state index contributed by atoms with van der Waals surface area (Å²) in [5, 5.41) is 4.74. The van der Waals surface area contributed by atoms with Crippen LogP contribution >= 0.6 is 15.8 Å². The minimum Gasteiger partial charge on any atom is -0.299 e. The second-order valence-electron chi connectivity index (χ2n) is 8.71. The molecular formula is C31H30O2P2. The monoisotopic (exact) mass is 496 g/mol. The molecule has 0 spiro atoms. The zero-order chi connectivity index (χ0) is 24.7. The minimum atomic E-state index is -1.06. The Kier molecular flexibility index (Phi) is 8.40. The van der Waals surface area contributed by atoms with Crippen molar-refractivity contribution in [2.75, 3.05) is 12.3 Å². The molecule has 0 heterocycles. The summed E-state index contributed by atoms with van der Waals surface area (Å²) in [6.45, 7) is 3.21. The average molecular weight is 497 g/mol. The lowest BCUT2D eigenvalue weighted by Crippen LogP contribution is -2.45. The number of Topliss-reactive ketones (excluding diaryl/α,β-unsaturated/α-hetero) is 2. The van der Waals surface area contributed by atoms with Crippen LogP contribution in [0.2, 0.25) is 0 Å². The Bertz CT molecular complexity index is 1060. The van der Waals surface area contributed by atoms with Crippen LogP contribution in [-0.4, -0.2) is 23.9 Å². The van der Waals surface area contributed by atoms with Crippen LogP contribution in [-0.2, 0) is 9.59 Å². The number of ketones is 2. The summed E-state index contributed by atoms with van der Waals surface area (Å²) in [6, 6.07) is 41.4. The summed E-state index contributed by atoms with van der Waals surface area (Å²) in [6.07, 6.45) is 1.03. The molecule has 0 aliphatic heterocycles. The van der Waals surface area contributed by atoms with Crippen molar-refractivity contribution in [3.63, 3.8) is 0 Å². The summed E-state index contributed by atoms with van der Waals surface area (Å²) >= 11 is 0. The van der Waals surface area contributed by atoms with Gasteiger partial charge in [0, 0.05) is 0 Å². The van der Waals surface area contributed by atoms with Crippen LogP contribution in [0.5, 0.6) is 0 Å². The molecule has 4 rings (SSSR count). The maximum Gasteiger partial charge on any atom is 0.144 e. The fraction of sp³-hybridized carbons (Fsp3) is 0.161. The Morgan fingerprint density at radius 3 is 0.914 bits per heavy atom. The zero-order valence-corrected chi connectivity index (χ0v) is 22.0. The summed E-state index contributed by atoms with van der Waals surface area (Å²) < 4.78 is 0. The molecule has 0 aliphatic carbocycles. The van der Waals surface area contributed by atoms with E-state index >= 15 is 0 Å². The van der Waals surface area contributed by atoms with Crippen LogP contribution in [0.1, 0.15) is 13.8 Å². The van der Waals surface area contributed by atoms with Crippen molar-refractivity contribution in [3.05, 3.63) is 121 Å². The molecule has 0 unspecified atom stereocenters. The van der Waals surface area contributed by atoms with Gasteiger partial charge in [0.15, 0.2) is 0 Å². The molecule has 0 atom stereocenters. The third-order valence-electron chi connectivity index (χ3n) is 6.48. The molecule has 0 bridgehead atoms. The average Bonchev–Trinajstić information content (AvgIpc) is 2.90. The van der Waals surface area contributed by atoms with Crippen LogP contribution in [0.15, 0.2) is 121 Å². The molecule has 0 amide bonds. The van der Waals surface area contributed by atoms with Gasteiger partial charge in [0.05, 0.1) is 5.41 Å². The molecule has 0 fully saturated rings. The van der Waals surface area contributed by atoms with Gasteiger partial charge in [-0.05, 0) is 63.2 Å². The highest BCUT2D eigenvalue weighted by molar-refractivity contribution is 7.74.